The second-order valence-corrected chi connectivity index (χ2v) is 5.36. The molecule has 2 aliphatic rings. The molecule has 6 nitrogen and oxygen atoms in total. The van der Waals surface area contributed by atoms with E-state index in [2.05, 4.69) is 0 Å². The van der Waals surface area contributed by atoms with Crippen molar-refractivity contribution in [3.63, 3.8) is 0 Å². The zero-order valence-electron chi connectivity index (χ0n) is 10.6. The highest BCUT2D eigenvalue weighted by Gasteiger charge is 2.40. The summed E-state index contributed by atoms with van der Waals surface area (Å²) in [5.41, 5.74) is 0. The number of hydrogen-bond acceptors (Lipinski definition) is 3. The summed E-state index contributed by atoms with van der Waals surface area (Å²) >= 11 is 0. The molecule has 2 rings (SSSR count). The van der Waals surface area contributed by atoms with Gasteiger partial charge in [-0.05, 0) is 18.8 Å². The van der Waals surface area contributed by atoms with Gasteiger partial charge in [0.15, 0.2) is 0 Å². The normalized spacial score (nSPS) is 28.0. The molecule has 1 saturated heterocycles. The number of aliphatic carboxylic acids is 1. The van der Waals surface area contributed by atoms with E-state index >= 15 is 0 Å². The lowest BCUT2D eigenvalue weighted by Gasteiger charge is -2.33. The first-order chi connectivity index (χ1) is 8.49. The zero-order chi connectivity index (χ0) is 13.3. The van der Waals surface area contributed by atoms with Gasteiger partial charge in [-0.1, -0.05) is 6.42 Å². The van der Waals surface area contributed by atoms with Crippen molar-refractivity contribution >= 4 is 12.0 Å². The molecule has 1 aliphatic carbocycles. The average Bonchev–Trinajstić information content (AvgIpc) is 2.64. The van der Waals surface area contributed by atoms with E-state index in [4.69, 9.17) is 5.11 Å². The van der Waals surface area contributed by atoms with Gasteiger partial charge in [0, 0.05) is 26.6 Å². The van der Waals surface area contributed by atoms with E-state index in [1.807, 2.05) is 0 Å². The van der Waals surface area contributed by atoms with Crippen molar-refractivity contribution in [1.82, 2.24) is 9.80 Å². The molecule has 2 fully saturated rings. The fourth-order valence-electron chi connectivity index (χ4n) is 2.62. The minimum Gasteiger partial charge on any atom is -0.480 e. The van der Waals surface area contributed by atoms with Crippen LogP contribution in [0.2, 0.25) is 0 Å². The minimum atomic E-state index is -1.04. The molecule has 18 heavy (non-hydrogen) atoms. The molecule has 0 bridgehead atoms. The number of carboxylic acid groups (broad SMARTS) is 1. The van der Waals surface area contributed by atoms with Crippen LogP contribution >= 0.6 is 0 Å². The van der Waals surface area contributed by atoms with Gasteiger partial charge in [-0.3, -0.25) is 0 Å². The summed E-state index contributed by atoms with van der Waals surface area (Å²) in [6.45, 7) is 0.794. The topological polar surface area (TPSA) is 81.1 Å². The smallest absolute Gasteiger partial charge is 0.326 e. The Morgan fingerprint density at radius 1 is 1.39 bits per heavy atom. The number of hydrogen-bond donors (Lipinski definition) is 2. The van der Waals surface area contributed by atoms with Crippen LogP contribution < -0.4 is 0 Å². The molecule has 102 valence electrons. The summed E-state index contributed by atoms with van der Waals surface area (Å²) in [4.78, 5) is 26.1. The van der Waals surface area contributed by atoms with E-state index in [0.29, 0.717) is 12.5 Å². The molecule has 2 atom stereocenters. The largest absolute Gasteiger partial charge is 0.480 e. The molecular weight excluding hydrogens is 236 g/mol. The summed E-state index contributed by atoms with van der Waals surface area (Å²) in [6.07, 6.45) is 2.89. The van der Waals surface area contributed by atoms with Crippen LogP contribution in [0.4, 0.5) is 4.79 Å². The standard InChI is InChI=1S/C12H20N2O4/c1-13(6-8-3-2-4-8)12(18)14-7-9(15)5-10(14)11(16)17/h8-10,15H,2-7H2,1H3,(H,16,17)/t9-,10-/m1/s1. The van der Waals surface area contributed by atoms with Crippen molar-refractivity contribution in [2.24, 2.45) is 5.92 Å². The van der Waals surface area contributed by atoms with Crippen LogP contribution in [0.3, 0.4) is 0 Å². The molecule has 1 saturated carbocycles. The number of β-amino-alcohol motifs (C(OH)–C–C–N with tert-alkyl or cyclic N) is 1. The van der Waals surface area contributed by atoms with Crippen molar-refractivity contribution in [3.8, 4) is 0 Å². The number of urea groups is 1. The Balaban J connectivity index is 1.95. The third-order valence-corrected chi connectivity index (χ3v) is 3.89. The molecule has 1 aliphatic heterocycles. The fourth-order valence-corrected chi connectivity index (χ4v) is 2.62. The third kappa shape index (κ3) is 2.58. The van der Waals surface area contributed by atoms with Crippen LogP contribution in [-0.2, 0) is 4.79 Å². The van der Waals surface area contributed by atoms with E-state index in [-0.39, 0.29) is 19.0 Å². The minimum absolute atomic E-state index is 0.116. The Kier molecular flexibility index (Phi) is 3.75. The lowest BCUT2D eigenvalue weighted by atomic mass is 9.85. The van der Waals surface area contributed by atoms with Gasteiger partial charge in [0.2, 0.25) is 0 Å². The summed E-state index contributed by atoms with van der Waals surface area (Å²) < 4.78 is 0. The van der Waals surface area contributed by atoms with Crippen molar-refractivity contribution in [1.29, 1.82) is 0 Å². The maximum absolute atomic E-state index is 12.2. The van der Waals surface area contributed by atoms with Crippen LogP contribution in [0.25, 0.3) is 0 Å². The van der Waals surface area contributed by atoms with Crippen molar-refractivity contribution in [2.45, 2.75) is 37.8 Å². The molecular formula is C12H20N2O4. The highest BCUT2D eigenvalue weighted by atomic mass is 16.4. The molecule has 0 aromatic carbocycles. The van der Waals surface area contributed by atoms with E-state index in [1.54, 1.807) is 11.9 Å². The maximum Gasteiger partial charge on any atom is 0.326 e. The SMILES string of the molecule is CN(CC1CCC1)C(=O)N1C[C@H](O)C[C@@H]1C(=O)O. The first-order valence-corrected chi connectivity index (χ1v) is 6.41. The number of likely N-dealkylation sites (tertiary alicyclic amines) is 1. The molecule has 6 heteroatoms. The van der Waals surface area contributed by atoms with Gasteiger partial charge in [0.05, 0.1) is 6.10 Å². The number of carbonyl (C=O) groups is 2. The fraction of sp³-hybridized carbons (Fsp3) is 0.833. The van der Waals surface area contributed by atoms with Crippen LogP contribution in [0.15, 0.2) is 0 Å². The van der Waals surface area contributed by atoms with E-state index in [9.17, 15) is 14.7 Å². The number of nitrogens with zero attached hydrogens (tertiary/aromatic N) is 2. The number of aliphatic hydroxyl groups is 1. The van der Waals surface area contributed by atoms with E-state index in [1.165, 1.54) is 11.3 Å². The van der Waals surface area contributed by atoms with Crippen molar-refractivity contribution < 1.29 is 19.8 Å². The van der Waals surface area contributed by atoms with Crippen LogP contribution in [0, 0.1) is 5.92 Å². The first-order valence-electron chi connectivity index (χ1n) is 6.41. The molecule has 2 N–H and O–H groups in total. The molecule has 0 aromatic rings. The number of aliphatic hydroxyl groups excluding tert-OH is 1. The summed E-state index contributed by atoms with van der Waals surface area (Å²) in [7, 11) is 1.70. The molecule has 1 heterocycles. The highest BCUT2D eigenvalue weighted by molar-refractivity contribution is 5.83. The predicted molar refractivity (Wildman–Crippen MR) is 64.1 cm³/mol. The number of amides is 2. The number of rotatable bonds is 3. The van der Waals surface area contributed by atoms with Gasteiger partial charge in [-0.2, -0.15) is 0 Å². The zero-order valence-corrected chi connectivity index (χ0v) is 10.6. The molecule has 2 amide bonds. The molecule has 0 aromatic heterocycles. The Morgan fingerprint density at radius 3 is 2.56 bits per heavy atom. The Bertz CT molecular complexity index is 343. The van der Waals surface area contributed by atoms with E-state index in [0.717, 1.165) is 12.8 Å². The number of carboxylic acids is 1. The summed E-state index contributed by atoms with van der Waals surface area (Å²) in [6, 6.07) is -1.18. The van der Waals surface area contributed by atoms with Gasteiger partial charge in [-0.15, -0.1) is 0 Å². The van der Waals surface area contributed by atoms with Crippen molar-refractivity contribution in [3.05, 3.63) is 0 Å². The number of carbonyl (C=O) groups excluding carboxylic acids is 1. The first kappa shape index (κ1) is 13.1. The summed E-state index contributed by atoms with van der Waals surface area (Å²) in [5, 5.41) is 18.6. The Labute approximate surface area is 106 Å². The second-order valence-electron chi connectivity index (χ2n) is 5.36. The lowest BCUT2D eigenvalue weighted by molar-refractivity contribution is -0.141. The van der Waals surface area contributed by atoms with Gasteiger partial charge < -0.3 is 20.0 Å². The molecule has 0 radical (unpaired) electrons. The third-order valence-electron chi connectivity index (χ3n) is 3.89. The predicted octanol–water partition coefficient (Wildman–Crippen LogP) is 0.358. The highest BCUT2D eigenvalue weighted by Crippen LogP contribution is 2.27. The maximum atomic E-state index is 12.2. The van der Waals surface area contributed by atoms with Gasteiger partial charge >= 0.3 is 12.0 Å². The van der Waals surface area contributed by atoms with E-state index < -0.39 is 18.1 Å². The quantitative estimate of drug-likeness (QED) is 0.764. The van der Waals surface area contributed by atoms with Crippen molar-refractivity contribution in [2.75, 3.05) is 20.1 Å². The monoisotopic (exact) mass is 256 g/mol. The van der Waals surface area contributed by atoms with Gasteiger partial charge in [0.1, 0.15) is 6.04 Å². The van der Waals surface area contributed by atoms with Gasteiger partial charge in [0.25, 0.3) is 0 Å². The van der Waals surface area contributed by atoms with Crippen LogP contribution in [-0.4, -0.2) is 64.3 Å². The second kappa shape index (κ2) is 5.14. The lowest BCUT2D eigenvalue weighted by Crippen LogP contribution is -2.48. The molecule has 0 unspecified atom stereocenters. The summed E-state index contributed by atoms with van der Waals surface area (Å²) in [5.74, 6) is -0.494. The average molecular weight is 256 g/mol. The van der Waals surface area contributed by atoms with Crippen LogP contribution in [0.1, 0.15) is 25.7 Å². The molecule has 0 spiro atoms. The van der Waals surface area contributed by atoms with Crippen LogP contribution in [0.5, 0.6) is 0 Å². The van der Waals surface area contributed by atoms with Gasteiger partial charge in [-0.25, -0.2) is 9.59 Å². The Morgan fingerprint density at radius 2 is 2.06 bits per heavy atom. The Hall–Kier alpha value is -1.30.